The minimum absolute atomic E-state index is 0.0264. The predicted molar refractivity (Wildman–Crippen MR) is 67.8 cm³/mol. The zero-order chi connectivity index (χ0) is 16.2. The average molecular weight is 325 g/mol. The van der Waals surface area contributed by atoms with E-state index in [1.807, 2.05) is 0 Å². The zero-order valence-corrected chi connectivity index (χ0v) is 12.4. The lowest BCUT2D eigenvalue weighted by Crippen LogP contribution is -2.27. The second-order valence-electron chi connectivity index (χ2n) is 4.58. The van der Waals surface area contributed by atoms with Crippen molar-refractivity contribution in [2.45, 2.75) is 32.5 Å². The Labute approximate surface area is 123 Å². The second kappa shape index (κ2) is 6.88. The van der Waals surface area contributed by atoms with E-state index in [4.69, 9.17) is 0 Å². The Morgan fingerprint density at radius 2 is 2.00 bits per heavy atom. The van der Waals surface area contributed by atoms with E-state index in [-0.39, 0.29) is 23.0 Å². The molecule has 0 aliphatic rings. The van der Waals surface area contributed by atoms with Crippen molar-refractivity contribution in [2.24, 2.45) is 5.92 Å². The van der Waals surface area contributed by atoms with E-state index in [9.17, 15) is 22.8 Å². The van der Waals surface area contributed by atoms with Gasteiger partial charge in [-0.2, -0.15) is 13.2 Å². The minimum Gasteiger partial charge on any atom is -0.464 e. The fourth-order valence-corrected chi connectivity index (χ4v) is 2.29. The highest BCUT2D eigenvalue weighted by Crippen LogP contribution is 2.31. The van der Waals surface area contributed by atoms with E-state index < -0.39 is 24.2 Å². The number of aromatic nitrogens is 1. The molecule has 1 heterocycles. The number of hydrogen-bond acceptors (Lipinski definition) is 6. The van der Waals surface area contributed by atoms with Crippen LogP contribution in [0.25, 0.3) is 0 Å². The first-order chi connectivity index (χ1) is 9.65. The molecule has 1 aromatic heterocycles. The summed E-state index contributed by atoms with van der Waals surface area (Å²) in [5.41, 5.74) is -0.0330. The molecule has 0 radical (unpaired) electrons. The molecule has 118 valence electrons. The number of esters is 2. The topological polar surface area (TPSA) is 65.5 Å². The lowest BCUT2D eigenvalue weighted by molar-refractivity contribution is -0.206. The molecule has 0 N–H and O–H groups in total. The van der Waals surface area contributed by atoms with E-state index >= 15 is 0 Å². The lowest BCUT2D eigenvalue weighted by Gasteiger charge is -2.18. The molecule has 0 aliphatic carbocycles. The van der Waals surface area contributed by atoms with Crippen LogP contribution >= 0.6 is 11.3 Å². The van der Waals surface area contributed by atoms with Gasteiger partial charge < -0.3 is 9.47 Å². The van der Waals surface area contributed by atoms with E-state index in [1.54, 1.807) is 13.8 Å². The summed E-state index contributed by atoms with van der Waals surface area (Å²) in [4.78, 5) is 26.1. The summed E-state index contributed by atoms with van der Waals surface area (Å²) in [6.45, 7) is 3.53. The van der Waals surface area contributed by atoms with Gasteiger partial charge in [0.2, 0.25) is 0 Å². The Kier molecular flexibility index (Phi) is 5.70. The van der Waals surface area contributed by atoms with E-state index in [0.29, 0.717) is 0 Å². The Bertz CT molecular complexity index is 513. The van der Waals surface area contributed by atoms with Crippen LogP contribution in [0.2, 0.25) is 0 Å². The van der Waals surface area contributed by atoms with Gasteiger partial charge in [-0.1, -0.05) is 13.8 Å². The van der Waals surface area contributed by atoms with Gasteiger partial charge >= 0.3 is 18.1 Å². The summed E-state index contributed by atoms with van der Waals surface area (Å²) in [5, 5.41) is 1.47. The second-order valence-corrected chi connectivity index (χ2v) is 5.47. The molecule has 0 fully saturated rings. The minimum atomic E-state index is -5.07. The van der Waals surface area contributed by atoms with Crippen molar-refractivity contribution in [2.75, 3.05) is 7.11 Å². The van der Waals surface area contributed by atoms with Crippen molar-refractivity contribution >= 4 is 23.3 Å². The van der Waals surface area contributed by atoms with Gasteiger partial charge in [-0.15, -0.1) is 11.3 Å². The number of nitrogens with zero attached hydrogens (tertiary/aromatic N) is 1. The van der Waals surface area contributed by atoms with Crippen LogP contribution in [0.15, 0.2) is 5.38 Å². The highest BCUT2D eigenvalue weighted by molar-refractivity contribution is 7.09. The number of carbonyl (C=O) groups excluding carboxylic acids is 2. The van der Waals surface area contributed by atoms with Gasteiger partial charge in [0, 0.05) is 5.38 Å². The molecule has 1 atom stereocenters. The molecule has 0 saturated heterocycles. The van der Waals surface area contributed by atoms with E-state index in [0.717, 1.165) is 18.4 Å². The molecule has 0 amide bonds. The fourth-order valence-electron chi connectivity index (χ4n) is 1.46. The van der Waals surface area contributed by atoms with Crippen LogP contribution < -0.4 is 0 Å². The van der Waals surface area contributed by atoms with Gasteiger partial charge in [-0.25, -0.2) is 14.6 Å². The third kappa shape index (κ3) is 5.00. The molecule has 1 rings (SSSR count). The van der Waals surface area contributed by atoms with Gasteiger partial charge in [0.05, 0.1) is 7.11 Å². The molecule has 5 nitrogen and oxygen atoms in total. The van der Waals surface area contributed by atoms with Crippen molar-refractivity contribution in [1.29, 1.82) is 0 Å². The molecule has 21 heavy (non-hydrogen) atoms. The van der Waals surface area contributed by atoms with Crippen LogP contribution in [-0.4, -0.2) is 30.2 Å². The molecular weight excluding hydrogens is 311 g/mol. The van der Waals surface area contributed by atoms with Gasteiger partial charge in [0.1, 0.15) is 5.01 Å². The van der Waals surface area contributed by atoms with Crippen molar-refractivity contribution in [3.05, 3.63) is 16.1 Å². The molecular formula is C12H14F3NO4S. The molecule has 0 spiro atoms. The van der Waals surface area contributed by atoms with Crippen LogP contribution in [0.5, 0.6) is 0 Å². The van der Waals surface area contributed by atoms with Gasteiger partial charge in [-0.3, -0.25) is 0 Å². The number of ether oxygens (including phenoxy) is 2. The first-order valence-corrected chi connectivity index (χ1v) is 6.84. The maximum atomic E-state index is 12.3. The normalized spacial score (nSPS) is 13.1. The van der Waals surface area contributed by atoms with Crippen molar-refractivity contribution in [3.8, 4) is 0 Å². The van der Waals surface area contributed by atoms with Crippen LogP contribution in [0.4, 0.5) is 13.2 Å². The number of alkyl halides is 3. The molecule has 0 aliphatic heterocycles. The van der Waals surface area contributed by atoms with Crippen LogP contribution in [0, 0.1) is 5.92 Å². The summed E-state index contributed by atoms with van der Waals surface area (Å²) in [6, 6.07) is 0. The first-order valence-electron chi connectivity index (χ1n) is 5.96. The number of halogens is 3. The number of methoxy groups -OCH3 is 1. The summed E-state index contributed by atoms with van der Waals surface area (Å²) in [5.74, 6) is -3.01. The predicted octanol–water partition coefficient (Wildman–Crippen LogP) is 3.12. The third-order valence-electron chi connectivity index (χ3n) is 2.36. The smallest absolute Gasteiger partial charge is 0.464 e. The Morgan fingerprint density at radius 1 is 1.38 bits per heavy atom. The molecule has 1 unspecified atom stereocenters. The summed E-state index contributed by atoms with van der Waals surface area (Å²) >= 11 is 0.939. The van der Waals surface area contributed by atoms with Crippen molar-refractivity contribution in [1.82, 2.24) is 4.98 Å². The zero-order valence-electron chi connectivity index (χ0n) is 11.6. The summed E-state index contributed by atoms with van der Waals surface area (Å²) in [7, 11) is 1.16. The summed E-state index contributed by atoms with van der Waals surface area (Å²) in [6.07, 6.45) is -6.06. The fraction of sp³-hybridized carbons (Fsp3) is 0.583. The SMILES string of the molecule is COC(=O)c1csc(C(CC(C)C)OC(=O)C(F)(F)F)n1. The number of hydrogen-bond donors (Lipinski definition) is 0. The lowest BCUT2D eigenvalue weighted by atomic mass is 10.1. The number of thiazole rings is 1. The molecule has 9 heteroatoms. The standard InChI is InChI=1S/C12H14F3NO4S/c1-6(2)4-8(20-11(18)12(13,14)15)9-16-7(5-21-9)10(17)19-3/h5-6,8H,4H2,1-3H3. The maximum absolute atomic E-state index is 12.3. The Morgan fingerprint density at radius 3 is 2.48 bits per heavy atom. The quantitative estimate of drug-likeness (QED) is 0.778. The van der Waals surface area contributed by atoms with Gasteiger partial charge in [0.15, 0.2) is 11.8 Å². The molecule has 1 aromatic rings. The van der Waals surface area contributed by atoms with Crippen LogP contribution in [0.3, 0.4) is 0 Å². The van der Waals surface area contributed by atoms with Gasteiger partial charge in [0.25, 0.3) is 0 Å². The Hall–Kier alpha value is -1.64. The third-order valence-corrected chi connectivity index (χ3v) is 3.29. The highest BCUT2D eigenvalue weighted by Gasteiger charge is 2.43. The molecule has 0 aromatic carbocycles. The van der Waals surface area contributed by atoms with E-state index in [1.165, 1.54) is 5.38 Å². The number of carbonyl (C=O) groups is 2. The summed E-state index contributed by atoms with van der Waals surface area (Å²) < 4.78 is 45.8. The number of rotatable bonds is 5. The van der Waals surface area contributed by atoms with E-state index in [2.05, 4.69) is 14.5 Å². The van der Waals surface area contributed by atoms with Crippen molar-refractivity contribution < 1.29 is 32.2 Å². The van der Waals surface area contributed by atoms with Crippen LogP contribution in [0.1, 0.15) is 41.9 Å². The highest BCUT2D eigenvalue weighted by atomic mass is 32.1. The largest absolute Gasteiger partial charge is 0.490 e. The Balaban J connectivity index is 2.95. The molecule has 0 bridgehead atoms. The monoisotopic (exact) mass is 325 g/mol. The van der Waals surface area contributed by atoms with Crippen LogP contribution in [-0.2, 0) is 14.3 Å². The maximum Gasteiger partial charge on any atom is 0.490 e. The van der Waals surface area contributed by atoms with Gasteiger partial charge in [-0.05, 0) is 12.3 Å². The first kappa shape index (κ1) is 17.4. The van der Waals surface area contributed by atoms with Crippen molar-refractivity contribution in [3.63, 3.8) is 0 Å². The average Bonchev–Trinajstić information content (AvgIpc) is 2.84. The molecule has 0 saturated carbocycles.